The van der Waals surface area contributed by atoms with E-state index in [0.717, 1.165) is 30.2 Å². The summed E-state index contributed by atoms with van der Waals surface area (Å²) < 4.78 is 10.8. The van der Waals surface area contributed by atoms with Crippen LogP contribution in [-0.2, 0) is 0 Å². The topological polar surface area (TPSA) is 30.5 Å². The zero-order chi connectivity index (χ0) is 11.5. The Bertz CT molecular complexity index is 345. The largest absolute Gasteiger partial charge is 0.496 e. The van der Waals surface area contributed by atoms with E-state index in [4.69, 9.17) is 9.47 Å². The van der Waals surface area contributed by atoms with Crippen LogP contribution in [0.4, 0.5) is 0 Å². The molecule has 1 aromatic rings. The maximum absolute atomic E-state index is 5.39. The molecule has 1 N–H and O–H groups in total. The van der Waals surface area contributed by atoms with Crippen LogP contribution in [0, 0.1) is 6.92 Å². The van der Waals surface area contributed by atoms with Gasteiger partial charge in [-0.1, -0.05) is 0 Å². The van der Waals surface area contributed by atoms with Gasteiger partial charge >= 0.3 is 0 Å². The molecule has 1 unspecified atom stereocenters. The average molecular weight is 221 g/mol. The highest BCUT2D eigenvalue weighted by Gasteiger charge is 2.19. The maximum atomic E-state index is 5.39. The van der Waals surface area contributed by atoms with Gasteiger partial charge in [0, 0.05) is 12.1 Å². The Morgan fingerprint density at radius 3 is 2.25 bits per heavy atom. The second-order valence-electron chi connectivity index (χ2n) is 4.24. The van der Waals surface area contributed by atoms with E-state index in [9.17, 15) is 0 Å². The lowest BCUT2D eigenvalue weighted by Gasteiger charge is -2.15. The van der Waals surface area contributed by atoms with E-state index in [2.05, 4.69) is 17.4 Å². The Morgan fingerprint density at radius 2 is 1.81 bits per heavy atom. The molecule has 0 aromatic heterocycles. The molecule has 16 heavy (non-hydrogen) atoms. The van der Waals surface area contributed by atoms with Crippen LogP contribution < -0.4 is 14.8 Å². The summed E-state index contributed by atoms with van der Waals surface area (Å²) in [6, 6.07) is 4.27. The minimum absolute atomic E-state index is 0.586. The molecule has 1 aromatic carbocycles. The molecule has 3 nitrogen and oxygen atoms in total. The molecule has 0 spiro atoms. The van der Waals surface area contributed by atoms with Gasteiger partial charge in [0.05, 0.1) is 14.2 Å². The Balaban J connectivity index is 2.37. The third kappa shape index (κ3) is 2.00. The van der Waals surface area contributed by atoms with E-state index >= 15 is 0 Å². The molecule has 2 rings (SSSR count). The van der Waals surface area contributed by atoms with Crippen molar-refractivity contribution in [2.75, 3.05) is 27.3 Å². The summed E-state index contributed by atoms with van der Waals surface area (Å²) in [7, 11) is 3.41. The van der Waals surface area contributed by atoms with Gasteiger partial charge in [-0.2, -0.15) is 0 Å². The standard InChI is InChI=1S/C13H19NO2/c1-9-12(15-2)6-11(7-13(9)16-3)10-4-5-14-8-10/h6-7,10,14H,4-5,8H2,1-3H3. The van der Waals surface area contributed by atoms with Crippen molar-refractivity contribution in [1.29, 1.82) is 0 Å². The Morgan fingerprint density at radius 1 is 1.19 bits per heavy atom. The molecular weight excluding hydrogens is 202 g/mol. The molecule has 0 amide bonds. The van der Waals surface area contributed by atoms with Gasteiger partial charge in [0.15, 0.2) is 0 Å². The fraction of sp³-hybridized carbons (Fsp3) is 0.538. The molecule has 1 atom stereocenters. The van der Waals surface area contributed by atoms with Crippen LogP contribution in [0.1, 0.15) is 23.5 Å². The average Bonchev–Trinajstić information content (AvgIpc) is 2.83. The molecule has 1 aliphatic rings. The smallest absolute Gasteiger partial charge is 0.125 e. The first-order valence-corrected chi connectivity index (χ1v) is 5.69. The molecule has 88 valence electrons. The molecule has 1 aliphatic heterocycles. The lowest BCUT2D eigenvalue weighted by atomic mass is 9.96. The maximum Gasteiger partial charge on any atom is 0.125 e. The molecule has 0 aliphatic carbocycles. The molecule has 3 heteroatoms. The second-order valence-corrected chi connectivity index (χ2v) is 4.24. The highest BCUT2D eigenvalue weighted by atomic mass is 16.5. The van der Waals surface area contributed by atoms with Gasteiger partial charge in [-0.05, 0) is 43.5 Å². The lowest BCUT2D eigenvalue weighted by molar-refractivity contribution is 0.387. The van der Waals surface area contributed by atoms with Crippen LogP contribution in [-0.4, -0.2) is 27.3 Å². The van der Waals surface area contributed by atoms with Gasteiger partial charge < -0.3 is 14.8 Å². The van der Waals surface area contributed by atoms with E-state index in [-0.39, 0.29) is 0 Å². The number of rotatable bonds is 3. The van der Waals surface area contributed by atoms with Crippen molar-refractivity contribution >= 4 is 0 Å². The van der Waals surface area contributed by atoms with E-state index in [1.165, 1.54) is 12.0 Å². The highest BCUT2D eigenvalue weighted by Crippen LogP contribution is 2.34. The van der Waals surface area contributed by atoms with E-state index < -0.39 is 0 Å². The molecular formula is C13H19NO2. The molecule has 0 radical (unpaired) electrons. The van der Waals surface area contributed by atoms with Gasteiger partial charge in [0.25, 0.3) is 0 Å². The first-order chi connectivity index (χ1) is 7.76. The van der Waals surface area contributed by atoms with Crippen molar-refractivity contribution in [3.63, 3.8) is 0 Å². The lowest BCUT2D eigenvalue weighted by Crippen LogP contribution is -2.08. The quantitative estimate of drug-likeness (QED) is 0.847. The molecule has 1 saturated heterocycles. The third-order valence-corrected chi connectivity index (χ3v) is 3.31. The van der Waals surface area contributed by atoms with Crippen LogP contribution in [0.15, 0.2) is 12.1 Å². The number of benzene rings is 1. The summed E-state index contributed by atoms with van der Waals surface area (Å²) in [5.41, 5.74) is 2.38. The number of hydrogen-bond donors (Lipinski definition) is 1. The number of methoxy groups -OCH3 is 2. The number of hydrogen-bond acceptors (Lipinski definition) is 3. The summed E-state index contributed by atoms with van der Waals surface area (Å²) >= 11 is 0. The van der Waals surface area contributed by atoms with Crippen molar-refractivity contribution in [2.24, 2.45) is 0 Å². The van der Waals surface area contributed by atoms with Crippen molar-refractivity contribution in [2.45, 2.75) is 19.3 Å². The van der Waals surface area contributed by atoms with Crippen LogP contribution >= 0.6 is 0 Å². The van der Waals surface area contributed by atoms with Crippen molar-refractivity contribution in [3.8, 4) is 11.5 Å². The van der Waals surface area contributed by atoms with E-state index in [0.29, 0.717) is 5.92 Å². The fourth-order valence-corrected chi connectivity index (χ4v) is 2.28. The zero-order valence-electron chi connectivity index (χ0n) is 10.2. The summed E-state index contributed by atoms with van der Waals surface area (Å²) in [4.78, 5) is 0. The van der Waals surface area contributed by atoms with Crippen molar-refractivity contribution in [3.05, 3.63) is 23.3 Å². The first kappa shape index (κ1) is 11.3. The van der Waals surface area contributed by atoms with Crippen LogP contribution in [0.3, 0.4) is 0 Å². The van der Waals surface area contributed by atoms with E-state index in [1.807, 2.05) is 6.92 Å². The van der Waals surface area contributed by atoms with Crippen LogP contribution in [0.2, 0.25) is 0 Å². The summed E-state index contributed by atoms with van der Waals surface area (Å²) in [5, 5.41) is 3.38. The molecule has 0 bridgehead atoms. The highest BCUT2D eigenvalue weighted by molar-refractivity contribution is 5.48. The van der Waals surface area contributed by atoms with Gasteiger partial charge in [-0.25, -0.2) is 0 Å². The van der Waals surface area contributed by atoms with Crippen LogP contribution in [0.25, 0.3) is 0 Å². The number of ether oxygens (including phenoxy) is 2. The van der Waals surface area contributed by atoms with Gasteiger partial charge in [0.2, 0.25) is 0 Å². The Kier molecular flexibility index (Phi) is 3.34. The van der Waals surface area contributed by atoms with Crippen molar-refractivity contribution < 1.29 is 9.47 Å². The minimum Gasteiger partial charge on any atom is -0.496 e. The van der Waals surface area contributed by atoms with Gasteiger partial charge in [0.1, 0.15) is 11.5 Å². The summed E-state index contributed by atoms with van der Waals surface area (Å²) in [6.07, 6.45) is 1.19. The zero-order valence-corrected chi connectivity index (χ0v) is 10.2. The summed E-state index contributed by atoms with van der Waals surface area (Å²) in [5.74, 6) is 2.42. The second kappa shape index (κ2) is 4.74. The monoisotopic (exact) mass is 221 g/mol. The van der Waals surface area contributed by atoms with Gasteiger partial charge in [-0.15, -0.1) is 0 Å². The number of nitrogens with one attached hydrogen (secondary N) is 1. The Labute approximate surface area is 96.8 Å². The van der Waals surface area contributed by atoms with Gasteiger partial charge in [-0.3, -0.25) is 0 Å². The normalized spacial score (nSPS) is 19.8. The Hall–Kier alpha value is -1.22. The molecule has 0 saturated carbocycles. The molecule has 1 heterocycles. The minimum atomic E-state index is 0.586. The van der Waals surface area contributed by atoms with Crippen molar-refractivity contribution in [1.82, 2.24) is 5.32 Å². The SMILES string of the molecule is COc1cc(C2CCNC2)cc(OC)c1C. The van der Waals surface area contributed by atoms with Crippen LogP contribution in [0.5, 0.6) is 11.5 Å². The van der Waals surface area contributed by atoms with E-state index in [1.54, 1.807) is 14.2 Å². The summed E-state index contributed by atoms with van der Waals surface area (Å²) in [6.45, 7) is 4.17. The third-order valence-electron chi connectivity index (χ3n) is 3.31. The fourth-order valence-electron chi connectivity index (χ4n) is 2.28. The predicted molar refractivity (Wildman–Crippen MR) is 64.5 cm³/mol. The first-order valence-electron chi connectivity index (χ1n) is 5.69. The molecule has 1 fully saturated rings. The predicted octanol–water partition coefficient (Wildman–Crippen LogP) is 2.09.